The molecule has 0 radical (unpaired) electrons. The van der Waals surface area contributed by atoms with Crippen molar-refractivity contribution < 1.29 is 13.9 Å². The zero-order chi connectivity index (χ0) is 25.8. The van der Waals surface area contributed by atoms with Gasteiger partial charge in [-0.2, -0.15) is 5.26 Å². The molecule has 3 fully saturated rings. The highest BCUT2D eigenvalue weighted by atomic mass is 19.1. The molecule has 1 aliphatic carbocycles. The third-order valence-corrected chi connectivity index (χ3v) is 8.81. The fourth-order valence-electron chi connectivity index (χ4n) is 6.49. The Balaban J connectivity index is 1.28. The minimum atomic E-state index is -1.28. The number of pyridine rings is 2. The number of carbonyl (C=O) groups excluding carboxylic acids is 1. The van der Waals surface area contributed by atoms with Gasteiger partial charge < -0.3 is 10.5 Å². The smallest absolute Gasteiger partial charge is 0.230 e. The van der Waals surface area contributed by atoms with Gasteiger partial charge in [-0.25, -0.2) is 4.39 Å². The molecule has 4 unspecified atom stereocenters. The second-order valence-corrected chi connectivity index (χ2v) is 10.8. The number of halogens is 1. The van der Waals surface area contributed by atoms with Gasteiger partial charge in [0.2, 0.25) is 5.91 Å². The minimum Gasteiger partial charge on any atom is -0.375 e. The molecule has 4 heterocycles. The summed E-state index contributed by atoms with van der Waals surface area (Å²) in [6.07, 6.45) is 4.58. The zero-order valence-electron chi connectivity index (χ0n) is 20.9. The summed E-state index contributed by atoms with van der Waals surface area (Å²) in [6, 6.07) is 14.3. The average molecular weight is 500 g/mol. The molecule has 6 rings (SSSR count). The zero-order valence-corrected chi connectivity index (χ0v) is 20.9. The lowest BCUT2D eigenvalue weighted by Crippen LogP contribution is -2.56. The monoisotopic (exact) mass is 499 g/mol. The van der Waals surface area contributed by atoms with Crippen molar-refractivity contribution >= 4 is 16.7 Å². The van der Waals surface area contributed by atoms with E-state index in [4.69, 9.17) is 10.5 Å². The van der Waals surface area contributed by atoms with E-state index in [0.717, 1.165) is 29.3 Å². The number of aromatic nitrogens is 2. The molecule has 1 aromatic carbocycles. The number of hydrogen-bond acceptors (Lipinski definition) is 6. The van der Waals surface area contributed by atoms with E-state index in [-0.39, 0.29) is 25.0 Å². The fourth-order valence-corrected chi connectivity index (χ4v) is 6.49. The number of primary amides is 1. The van der Waals surface area contributed by atoms with Crippen LogP contribution in [0.4, 0.5) is 4.39 Å². The number of likely N-dealkylation sites (tertiary alicyclic amines) is 1. The van der Waals surface area contributed by atoms with Gasteiger partial charge in [0, 0.05) is 42.5 Å². The molecule has 3 aliphatic rings. The number of nitrogens with two attached hydrogens (primary N) is 1. The predicted octanol–water partition coefficient (Wildman–Crippen LogP) is 3.66. The Bertz CT molecular complexity index is 1400. The molecule has 2 N–H and O–H groups in total. The molecular formula is C29H30FN5O2. The number of benzene rings is 1. The number of amides is 1. The maximum atomic E-state index is 14.6. The van der Waals surface area contributed by atoms with Gasteiger partial charge in [0.1, 0.15) is 0 Å². The first-order valence-electron chi connectivity index (χ1n) is 12.9. The van der Waals surface area contributed by atoms with Crippen LogP contribution in [0, 0.1) is 18.3 Å². The maximum absolute atomic E-state index is 14.6. The van der Waals surface area contributed by atoms with Crippen LogP contribution >= 0.6 is 0 Å². The van der Waals surface area contributed by atoms with E-state index in [9.17, 15) is 14.4 Å². The lowest BCUT2D eigenvalue weighted by Gasteiger charge is -2.41. The SMILES string of the molecule is Cc1cc2cnc(C3(C(N)=O)CC3c3ccccn3)cc2cc1C1CCN(C2(C#N)COCC2F)CC1. The Morgan fingerprint density at radius 1 is 1.22 bits per heavy atom. The number of carbonyl (C=O) groups is 1. The van der Waals surface area contributed by atoms with E-state index in [2.05, 4.69) is 35.1 Å². The van der Waals surface area contributed by atoms with Crippen molar-refractivity contribution in [2.45, 2.75) is 55.1 Å². The van der Waals surface area contributed by atoms with Gasteiger partial charge in [-0.1, -0.05) is 12.1 Å². The highest BCUT2D eigenvalue weighted by Crippen LogP contribution is 2.59. The molecule has 0 spiro atoms. The van der Waals surface area contributed by atoms with Crippen LogP contribution in [-0.4, -0.2) is 58.8 Å². The van der Waals surface area contributed by atoms with Crippen molar-refractivity contribution in [3.8, 4) is 6.07 Å². The first-order chi connectivity index (χ1) is 17.9. The summed E-state index contributed by atoms with van der Waals surface area (Å²) in [7, 11) is 0. The molecule has 4 atom stereocenters. The number of nitrogens with zero attached hydrogens (tertiary/aromatic N) is 4. The molecule has 2 aromatic heterocycles. The minimum absolute atomic E-state index is 0.0123. The Morgan fingerprint density at radius 3 is 2.68 bits per heavy atom. The third kappa shape index (κ3) is 3.72. The topological polar surface area (TPSA) is 105 Å². The van der Waals surface area contributed by atoms with Gasteiger partial charge in [-0.15, -0.1) is 0 Å². The molecular weight excluding hydrogens is 469 g/mol. The number of piperidine rings is 1. The predicted molar refractivity (Wildman–Crippen MR) is 137 cm³/mol. The summed E-state index contributed by atoms with van der Waals surface area (Å²) >= 11 is 0. The normalized spacial score (nSPS) is 30.3. The van der Waals surface area contributed by atoms with Crippen LogP contribution < -0.4 is 5.73 Å². The summed E-state index contributed by atoms with van der Waals surface area (Å²) < 4.78 is 19.9. The van der Waals surface area contributed by atoms with E-state index in [0.29, 0.717) is 31.1 Å². The van der Waals surface area contributed by atoms with Crippen molar-refractivity contribution in [2.75, 3.05) is 26.3 Å². The van der Waals surface area contributed by atoms with Crippen LogP contribution in [0.25, 0.3) is 10.8 Å². The fraction of sp³-hybridized carbons (Fsp3) is 0.448. The number of alkyl halides is 1. The van der Waals surface area contributed by atoms with Crippen LogP contribution in [-0.2, 0) is 14.9 Å². The Morgan fingerprint density at radius 2 is 2.03 bits per heavy atom. The number of aryl methyl sites for hydroxylation is 1. The van der Waals surface area contributed by atoms with Gasteiger partial charge in [0.05, 0.1) is 30.4 Å². The van der Waals surface area contributed by atoms with Crippen molar-refractivity contribution in [3.63, 3.8) is 0 Å². The van der Waals surface area contributed by atoms with Gasteiger partial charge in [-0.3, -0.25) is 19.7 Å². The number of hydrogen-bond donors (Lipinski definition) is 1. The van der Waals surface area contributed by atoms with Crippen LogP contribution in [0.2, 0.25) is 0 Å². The molecule has 1 amide bonds. The molecule has 2 saturated heterocycles. The molecule has 2 aliphatic heterocycles. The molecule has 190 valence electrons. The van der Waals surface area contributed by atoms with E-state index >= 15 is 0 Å². The largest absolute Gasteiger partial charge is 0.375 e. The Labute approximate surface area is 215 Å². The summed E-state index contributed by atoms with van der Waals surface area (Å²) in [5.74, 6) is -0.138. The van der Waals surface area contributed by atoms with Gasteiger partial charge in [-0.05, 0) is 72.9 Å². The van der Waals surface area contributed by atoms with Crippen LogP contribution in [0.3, 0.4) is 0 Å². The molecule has 1 saturated carbocycles. The maximum Gasteiger partial charge on any atom is 0.230 e. The van der Waals surface area contributed by atoms with Crippen molar-refractivity contribution in [3.05, 3.63) is 71.3 Å². The highest BCUT2D eigenvalue weighted by Gasteiger charge is 2.62. The van der Waals surface area contributed by atoms with E-state index in [1.807, 2.05) is 35.4 Å². The first kappa shape index (κ1) is 24.0. The summed E-state index contributed by atoms with van der Waals surface area (Å²) in [5, 5.41) is 11.8. The Hall–Kier alpha value is -3.41. The average Bonchev–Trinajstić information content (AvgIpc) is 3.58. The van der Waals surface area contributed by atoms with Crippen molar-refractivity contribution in [1.82, 2.24) is 14.9 Å². The van der Waals surface area contributed by atoms with Gasteiger partial charge in [0.25, 0.3) is 0 Å². The molecule has 3 aromatic rings. The highest BCUT2D eigenvalue weighted by molar-refractivity contribution is 5.93. The van der Waals surface area contributed by atoms with Crippen LogP contribution in [0.15, 0.2) is 48.8 Å². The summed E-state index contributed by atoms with van der Waals surface area (Å²) in [4.78, 5) is 23.8. The second kappa shape index (κ2) is 8.86. The second-order valence-electron chi connectivity index (χ2n) is 10.8. The third-order valence-electron chi connectivity index (χ3n) is 8.81. The molecule has 37 heavy (non-hydrogen) atoms. The van der Waals surface area contributed by atoms with E-state index < -0.39 is 17.1 Å². The van der Waals surface area contributed by atoms with Gasteiger partial charge >= 0.3 is 0 Å². The summed E-state index contributed by atoms with van der Waals surface area (Å²) in [6.45, 7) is 3.52. The molecule has 8 heteroatoms. The van der Waals surface area contributed by atoms with Crippen molar-refractivity contribution in [1.29, 1.82) is 5.26 Å². The quantitative estimate of drug-likeness (QED) is 0.575. The van der Waals surface area contributed by atoms with Crippen LogP contribution in [0.1, 0.15) is 53.6 Å². The van der Waals surface area contributed by atoms with E-state index in [1.54, 1.807) is 6.20 Å². The van der Waals surface area contributed by atoms with Crippen LogP contribution in [0.5, 0.6) is 0 Å². The Kier molecular flexibility index (Phi) is 5.74. The number of ether oxygens (including phenoxy) is 1. The number of rotatable bonds is 5. The summed E-state index contributed by atoms with van der Waals surface area (Å²) in [5.41, 5.74) is 7.92. The number of fused-ring (bicyclic) bond motifs is 1. The van der Waals surface area contributed by atoms with Crippen molar-refractivity contribution in [2.24, 2.45) is 5.73 Å². The standard InChI is InChI=1S/C29H30FN5O2/c1-18-10-21-14-34-26(29(27(32)36)13-23(29)24-4-2-3-7-33-24)12-20(21)11-22(18)19-5-8-35(9-6-19)28(16-31)17-37-15-25(28)30/h2-4,7,10-12,14,19,23,25H,5-6,8-9,13,15,17H2,1H3,(H2,32,36). The number of nitriles is 1. The first-order valence-corrected chi connectivity index (χ1v) is 12.9. The lowest BCUT2D eigenvalue weighted by molar-refractivity contribution is -0.120. The molecule has 7 nitrogen and oxygen atoms in total. The lowest BCUT2D eigenvalue weighted by atomic mass is 9.83. The van der Waals surface area contributed by atoms with E-state index in [1.165, 1.54) is 11.1 Å². The van der Waals surface area contributed by atoms with Gasteiger partial charge in [0.15, 0.2) is 11.7 Å². The molecule has 0 bridgehead atoms.